The van der Waals surface area contributed by atoms with Gasteiger partial charge in [0.1, 0.15) is 0 Å². The van der Waals surface area contributed by atoms with E-state index in [4.69, 9.17) is 0 Å². The Hall–Kier alpha value is -2.34. The first-order valence-corrected chi connectivity index (χ1v) is 15.9. The summed E-state index contributed by atoms with van der Waals surface area (Å²) < 4.78 is 0. The van der Waals surface area contributed by atoms with E-state index in [9.17, 15) is 0 Å². The van der Waals surface area contributed by atoms with Crippen molar-refractivity contribution in [1.82, 2.24) is 0 Å². The van der Waals surface area contributed by atoms with Crippen LogP contribution in [0, 0.1) is 30.6 Å². The normalized spacial score (nSPS) is 28.9. The van der Waals surface area contributed by atoms with E-state index < -0.39 is 0 Å². The van der Waals surface area contributed by atoms with Gasteiger partial charge in [-0.15, -0.1) is 19.7 Å². The lowest BCUT2D eigenvalue weighted by molar-refractivity contribution is 0.322. The van der Waals surface area contributed by atoms with Crippen molar-refractivity contribution in [2.45, 2.75) is 113 Å². The van der Waals surface area contributed by atoms with Crippen molar-refractivity contribution in [1.29, 1.82) is 0 Å². The molecule has 0 aliphatic heterocycles. The smallest absolute Gasteiger partial charge is 0.0154 e. The van der Waals surface area contributed by atoms with Gasteiger partial charge < -0.3 is 0 Å². The molecule has 3 aliphatic rings. The van der Waals surface area contributed by atoms with Gasteiger partial charge in [-0.05, 0) is 98.3 Å². The molecule has 0 heterocycles. The summed E-state index contributed by atoms with van der Waals surface area (Å²) in [6.45, 7) is 25.3. The SMILES string of the molecule is C=C.C=CC1CCC(C)CC1.CC.CCC1=C/C/C=C(/c2ccc(C)cc2)C=C(C2CCC(C)CC2)\C(C)=C\1. The third kappa shape index (κ3) is 12.2. The van der Waals surface area contributed by atoms with Crippen molar-refractivity contribution in [3.63, 3.8) is 0 Å². The molecule has 4 rings (SSSR count). The van der Waals surface area contributed by atoms with Crippen LogP contribution >= 0.6 is 0 Å². The molecular weight excluding hydrogens is 468 g/mol. The number of rotatable bonds is 4. The lowest BCUT2D eigenvalue weighted by Gasteiger charge is -2.29. The summed E-state index contributed by atoms with van der Waals surface area (Å²) in [6, 6.07) is 9.02. The zero-order chi connectivity index (χ0) is 29.2. The van der Waals surface area contributed by atoms with Gasteiger partial charge in [-0.1, -0.05) is 126 Å². The van der Waals surface area contributed by atoms with Crippen LogP contribution in [-0.2, 0) is 0 Å². The average Bonchev–Trinajstić information content (AvgIpc) is 3.06. The highest BCUT2D eigenvalue weighted by atomic mass is 14.3. The molecule has 0 spiro atoms. The third-order valence-corrected chi connectivity index (χ3v) is 8.53. The van der Waals surface area contributed by atoms with Crippen LogP contribution in [0.4, 0.5) is 0 Å². The van der Waals surface area contributed by atoms with E-state index in [2.05, 4.69) is 109 Å². The summed E-state index contributed by atoms with van der Waals surface area (Å²) in [6.07, 6.45) is 25.0. The highest BCUT2D eigenvalue weighted by molar-refractivity contribution is 5.76. The number of allylic oxidation sites excluding steroid dienone is 9. The molecule has 0 amide bonds. The first kappa shape index (κ1) is 34.7. The highest BCUT2D eigenvalue weighted by Crippen LogP contribution is 2.38. The molecule has 0 unspecified atom stereocenters. The van der Waals surface area contributed by atoms with Crippen molar-refractivity contribution in [3.8, 4) is 0 Å². The largest absolute Gasteiger partial charge is 0.106 e. The van der Waals surface area contributed by atoms with E-state index in [1.165, 1.54) is 79.2 Å². The first-order chi connectivity index (χ1) is 18.9. The Kier molecular flexibility index (Phi) is 17.5. The maximum atomic E-state index is 3.81. The predicted molar refractivity (Wildman–Crippen MR) is 179 cm³/mol. The maximum Gasteiger partial charge on any atom is -0.0154 e. The summed E-state index contributed by atoms with van der Waals surface area (Å²) in [4.78, 5) is 0. The molecule has 1 aromatic rings. The topological polar surface area (TPSA) is 0 Å². The van der Waals surface area contributed by atoms with Crippen LogP contribution in [0.15, 0.2) is 91.1 Å². The standard InChI is InChI=1S/C26H34.C9H16.C2H6.C2H4/c1-5-22-7-6-8-25(23-13-9-19(2)10-14-23)18-26(21(4)17-22)24-15-11-20(3)12-16-24;1-3-9-6-4-8(2)5-7-9;2*1-2/h7-10,13-14,17-18,20,24H,5-6,11-12,15-16H2,1-4H3;3,8-9H,1,4-7H2,2H3;1-2H3;1-2H2/b21-17+,22-7-,25-8+,26-18?;;;. The Morgan fingerprint density at radius 2 is 1.31 bits per heavy atom. The fourth-order valence-electron chi connectivity index (χ4n) is 5.82. The molecule has 0 radical (unpaired) electrons. The van der Waals surface area contributed by atoms with E-state index in [-0.39, 0.29) is 0 Å². The summed E-state index contributed by atoms with van der Waals surface area (Å²) in [5, 5.41) is 0. The van der Waals surface area contributed by atoms with Crippen LogP contribution in [0.25, 0.3) is 5.57 Å². The minimum atomic E-state index is 0.715. The number of hydrogen-bond donors (Lipinski definition) is 0. The summed E-state index contributed by atoms with van der Waals surface area (Å²) in [5.41, 5.74) is 8.58. The van der Waals surface area contributed by atoms with Gasteiger partial charge in [0.2, 0.25) is 0 Å². The average molecular weight is 529 g/mol. The lowest BCUT2D eigenvalue weighted by atomic mass is 9.76. The molecule has 0 nitrogen and oxygen atoms in total. The van der Waals surface area contributed by atoms with Crippen LogP contribution < -0.4 is 0 Å². The van der Waals surface area contributed by atoms with Crippen LogP contribution in [0.2, 0.25) is 0 Å². The summed E-state index contributed by atoms with van der Waals surface area (Å²) in [5.74, 6) is 3.42. The Morgan fingerprint density at radius 3 is 1.82 bits per heavy atom. The van der Waals surface area contributed by atoms with Crippen molar-refractivity contribution < 1.29 is 0 Å². The molecule has 216 valence electrons. The van der Waals surface area contributed by atoms with Crippen molar-refractivity contribution in [2.24, 2.45) is 23.7 Å². The Balaban J connectivity index is 0.000000489. The van der Waals surface area contributed by atoms with Gasteiger partial charge in [0.15, 0.2) is 0 Å². The van der Waals surface area contributed by atoms with Gasteiger partial charge in [0.25, 0.3) is 0 Å². The van der Waals surface area contributed by atoms with Crippen LogP contribution in [0.5, 0.6) is 0 Å². The monoisotopic (exact) mass is 528 g/mol. The van der Waals surface area contributed by atoms with Crippen LogP contribution in [0.3, 0.4) is 0 Å². The minimum absolute atomic E-state index is 0.715. The van der Waals surface area contributed by atoms with E-state index in [1.807, 2.05) is 13.8 Å². The fourth-order valence-corrected chi connectivity index (χ4v) is 5.82. The molecule has 39 heavy (non-hydrogen) atoms. The minimum Gasteiger partial charge on any atom is -0.106 e. The summed E-state index contributed by atoms with van der Waals surface area (Å²) in [7, 11) is 0. The van der Waals surface area contributed by atoms with Gasteiger partial charge in [0.05, 0.1) is 0 Å². The molecule has 0 aromatic heterocycles. The van der Waals surface area contributed by atoms with E-state index >= 15 is 0 Å². The Labute approximate surface area is 243 Å². The Bertz CT molecular complexity index is 932. The number of hydrogen-bond acceptors (Lipinski definition) is 0. The molecular formula is C39H60. The maximum absolute atomic E-state index is 3.81. The molecule has 1 aromatic carbocycles. The molecule has 0 N–H and O–H groups in total. The van der Waals surface area contributed by atoms with Gasteiger partial charge in [0, 0.05) is 0 Å². The van der Waals surface area contributed by atoms with Gasteiger partial charge in [-0.3, -0.25) is 0 Å². The fraction of sp³-hybridized carbons (Fsp3) is 0.538. The second-order valence-corrected chi connectivity index (χ2v) is 11.5. The molecule has 0 bridgehead atoms. The summed E-state index contributed by atoms with van der Waals surface area (Å²) >= 11 is 0. The van der Waals surface area contributed by atoms with E-state index in [1.54, 1.807) is 5.57 Å². The van der Waals surface area contributed by atoms with E-state index in [0.29, 0.717) is 5.92 Å². The quantitative estimate of drug-likeness (QED) is 0.341. The molecule has 2 saturated carbocycles. The molecule has 0 heteroatoms. The lowest BCUT2D eigenvalue weighted by Crippen LogP contribution is -2.15. The van der Waals surface area contributed by atoms with Crippen LogP contribution in [-0.4, -0.2) is 0 Å². The second kappa shape index (κ2) is 19.7. The zero-order valence-corrected chi connectivity index (χ0v) is 26.7. The number of benzene rings is 1. The number of aryl methyl sites for hydroxylation is 1. The zero-order valence-electron chi connectivity index (χ0n) is 26.7. The van der Waals surface area contributed by atoms with E-state index in [0.717, 1.165) is 30.6 Å². The van der Waals surface area contributed by atoms with Gasteiger partial charge in [-0.25, -0.2) is 0 Å². The van der Waals surface area contributed by atoms with Gasteiger partial charge in [-0.2, -0.15) is 0 Å². The third-order valence-electron chi connectivity index (χ3n) is 8.53. The Morgan fingerprint density at radius 1 is 0.769 bits per heavy atom. The predicted octanol–water partition coefficient (Wildman–Crippen LogP) is 12.6. The van der Waals surface area contributed by atoms with Crippen molar-refractivity contribution in [3.05, 3.63) is 102 Å². The van der Waals surface area contributed by atoms with Gasteiger partial charge >= 0.3 is 0 Å². The molecule has 2 fully saturated rings. The first-order valence-electron chi connectivity index (χ1n) is 15.9. The van der Waals surface area contributed by atoms with Crippen molar-refractivity contribution in [2.75, 3.05) is 0 Å². The molecule has 3 aliphatic carbocycles. The second-order valence-electron chi connectivity index (χ2n) is 11.5. The molecule has 0 atom stereocenters. The highest BCUT2D eigenvalue weighted by Gasteiger charge is 2.23. The molecule has 0 saturated heterocycles. The van der Waals surface area contributed by atoms with Crippen LogP contribution in [0.1, 0.15) is 117 Å². The van der Waals surface area contributed by atoms with Crippen molar-refractivity contribution >= 4 is 5.57 Å².